The third-order valence-electron chi connectivity index (χ3n) is 1.29. The molecule has 2 heteroatoms. The first kappa shape index (κ1) is 8.34. The molecule has 0 saturated carbocycles. The molecule has 0 unspecified atom stereocenters. The van der Waals surface area contributed by atoms with Crippen molar-refractivity contribution in [1.82, 2.24) is 4.98 Å². The molecule has 11 heavy (non-hydrogen) atoms. The third-order valence-corrected chi connectivity index (χ3v) is 1.55. The second-order valence-electron chi connectivity index (χ2n) is 2.20. The minimum atomic E-state index is 0.900. The molecule has 0 N–H and O–H groups in total. The Labute approximate surface area is 72.6 Å². The van der Waals surface area contributed by atoms with E-state index in [9.17, 15) is 0 Å². The normalized spacial score (nSPS) is 10.6. The highest BCUT2D eigenvalue weighted by Crippen LogP contribution is 1.99. The molecule has 58 valence electrons. The highest BCUT2D eigenvalue weighted by atomic mass is 32.1. The molecule has 1 nitrogen and oxygen atoms in total. The molecule has 0 aromatic carbocycles. The predicted molar refractivity (Wildman–Crippen MR) is 51.7 cm³/mol. The average molecular weight is 165 g/mol. The van der Waals surface area contributed by atoms with Crippen LogP contribution in [0.3, 0.4) is 0 Å². The van der Waals surface area contributed by atoms with Gasteiger partial charge in [0.15, 0.2) is 0 Å². The van der Waals surface area contributed by atoms with Crippen molar-refractivity contribution in [3.8, 4) is 0 Å². The number of hydrogen-bond acceptors (Lipinski definition) is 2. The van der Waals surface area contributed by atoms with Crippen LogP contribution in [0.15, 0.2) is 30.6 Å². The van der Waals surface area contributed by atoms with Crippen LogP contribution in [0.25, 0.3) is 6.08 Å². The van der Waals surface area contributed by atoms with E-state index in [1.807, 2.05) is 18.3 Å². The molecule has 0 atom stereocenters. The molecule has 1 heterocycles. The van der Waals surface area contributed by atoms with E-state index < -0.39 is 0 Å². The Hall–Kier alpha value is -0.760. The average Bonchev–Trinajstić information content (AvgIpc) is 2.07. The minimum absolute atomic E-state index is 0.900. The highest BCUT2D eigenvalue weighted by molar-refractivity contribution is 7.80. The van der Waals surface area contributed by atoms with Crippen molar-refractivity contribution in [2.45, 2.75) is 6.42 Å². The first-order valence-corrected chi connectivity index (χ1v) is 4.24. The number of nitrogens with zero attached hydrogens (tertiary/aromatic N) is 1. The molecular weight excluding hydrogens is 154 g/mol. The summed E-state index contributed by atoms with van der Waals surface area (Å²) in [4.78, 5) is 3.99. The van der Waals surface area contributed by atoms with E-state index in [1.165, 1.54) is 0 Å². The van der Waals surface area contributed by atoms with Gasteiger partial charge in [-0.2, -0.15) is 12.6 Å². The maximum Gasteiger partial charge on any atom is 0.0340 e. The lowest BCUT2D eigenvalue weighted by atomic mass is 10.2. The zero-order valence-electron chi connectivity index (χ0n) is 6.27. The molecule has 0 saturated heterocycles. The van der Waals surface area contributed by atoms with Gasteiger partial charge in [0.2, 0.25) is 0 Å². The Balaban J connectivity index is 2.50. The molecule has 0 amide bonds. The quantitative estimate of drug-likeness (QED) is 0.679. The van der Waals surface area contributed by atoms with Gasteiger partial charge in [0.1, 0.15) is 0 Å². The number of thiol groups is 1. The van der Waals surface area contributed by atoms with E-state index in [0.717, 1.165) is 17.7 Å². The zero-order valence-corrected chi connectivity index (χ0v) is 7.17. The predicted octanol–water partition coefficient (Wildman–Crippen LogP) is 2.41. The lowest BCUT2D eigenvalue weighted by Crippen LogP contribution is -1.73. The van der Waals surface area contributed by atoms with E-state index in [-0.39, 0.29) is 0 Å². The summed E-state index contributed by atoms with van der Waals surface area (Å²) in [5.41, 5.74) is 1.15. The molecular formula is C9H11NS. The number of aromatic nitrogens is 1. The fourth-order valence-corrected chi connectivity index (χ4v) is 0.918. The standard InChI is InChI=1S/C9H11NS/c11-7-2-1-4-9-5-3-6-10-8-9/h1,3-6,8,11H,2,7H2/b4-1+. The van der Waals surface area contributed by atoms with Crippen molar-refractivity contribution >= 4 is 18.7 Å². The van der Waals surface area contributed by atoms with Gasteiger partial charge in [-0.25, -0.2) is 0 Å². The fraction of sp³-hybridized carbons (Fsp3) is 0.222. The van der Waals surface area contributed by atoms with Crippen molar-refractivity contribution in [2.24, 2.45) is 0 Å². The van der Waals surface area contributed by atoms with Gasteiger partial charge in [-0.1, -0.05) is 18.2 Å². The molecule has 0 aliphatic heterocycles. The molecule has 0 fully saturated rings. The number of allylic oxidation sites excluding steroid dienone is 1. The highest BCUT2D eigenvalue weighted by Gasteiger charge is 1.81. The van der Waals surface area contributed by atoms with Gasteiger partial charge in [0.05, 0.1) is 0 Å². The smallest absolute Gasteiger partial charge is 0.0340 e. The molecule has 1 aromatic heterocycles. The minimum Gasteiger partial charge on any atom is -0.264 e. The summed E-state index contributed by atoms with van der Waals surface area (Å²) < 4.78 is 0. The summed E-state index contributed by atoms with van der Waals surface area (Å²) in [6.45, 7) is 0. The molecule has 0 radical (unpaired) electrons. The first-order chi connectivity index (χ1) is 5.43. The van der Waals surface area contributed by atoms with Crippen LogP contribution in [0.1, 0.15) is 12.0 Å². The van der Waals surface area contributed by atoms with Gasteiger partial charge >= 0.3 is 0 Å². The fourth-order valence-electron chi connectivity index (χ4n) is 0.769. The molecule has 1 rings (SSSR count). The monoisotopic (exact) mass is 165 g/mol. The Kier molecular flexibility index (Phi) is 3.76. The Morgan fingerprint density at radius 3 is 3.09 bits per heavy atom. The summed E-state index contributed by atoms with van der Waals surface area (Å²) in [5, 5.41) is 0. The summed E-state index contributed by atoms with van der Waals surface area (Å²) >= 11 is 4.10. The van der Waals surface area contributed by atoms with E-state index in [2.05, 4.69) is 29.8 Å². The largest absolute Gasteiger partial charge is 0.264 e. The molecule has 0 spiro atoms. The van der Waals surface area contributed by atoms with E-state index in [4.69, 9.17) is 0 Å². The maximum absolute atomic E-state index is 4.10. The summed E-state index contributed by atoms with van der Waals surface area (Å²) in [6.07, 6.45) is 8.79. The summed E-state index contributed by atoms with van der Waals surface area (Å²) in [7, 11) is 0. The topological polar surface area (TPSA) is 12.9 Å². The SMILES string of the molecule is SCC/C=C/c1cccnc1. The number of rotatable bonds is 3. The van der Waals surface area contributed by atoms with Crippen molar-refractivity contribution < 1.29 is 0 Å². The summed E-state index contributed by atoms with van der Waals surface area (Å²) in [5.74, 6) is 0.900. The second-order valence-corrected chi connectivity index (χ2v) is 2.65. The van der Waals surface area contributed by atoms with Gasteiger partial charge in [-0.05, 0) is 23.8 Å². The van der Waals surface area contributed by atoms with Crippen LogP contribution >= 0.6 is 12.6 Å². The second kappa shape index (κ2) is 4.97. The van der Waals surface area contributed by atoms with Gasteiger partial charge in [0, 0.05) is 12.4 Å². The lowest BCUT2D eigenvalue weighted by molar-refractivity contribution is 1.26. The zero-order chi connectivity index (χ0) is 7.94. The van der Waals surface area contributed by atoms with Crippen LogP contribution in [-0.4, -0.2) is 10.7 Å². The maximum atomic E-state index is 4.10. The van der Waals surface area contributed by atoms with Gasteiger partial charge in [-0.15, -0.1) is 0 Å². The van der Waals surface area contributed by atoms with Crippen molar-refractivity contribution in [3.05, 3.63) is 36.2 Å². The van der Waals surface area contributed by atoms with Crippen LogP contribution < -0.4 is 0 Å². The van der Waals surface area contributed by atoms with Gasteiger partial charge in [-0.3, -0.25) is 4.98 Å². The van der Waals surface area contributed by atoms with Crippen molar-refractivity contribution in [3.63, 3.8) is 0 Å². The number of pyridine rings is 1. The first-order valence-electron chi connectivity index (χ1n) is 3.61. The molecule has 0 bridgehead atoms. The van der Waals surface area contributed by atoms with Crippen LogP contribution in [-0.2, 0) is 0 Å². The Bertz CT molecular complexity index is 218. The van der Waals surface area contributed by atoms with Crippen LogP contribution in [0, 0.1) is 0 Å². The molecule has 0 aliphatic rings. The van der Waals surface area contributed by atoms with Gasteiger partial charge in [0.25, 0.3) is 0 Å². The van der Waals surface area contributed by atoms with Crippen LogP contribution in [0.4, 0.5) is 0 Å². The molecule has 1 aromatic rings. The van der Waals surface area contributed by atoms with Gasteiger partial charge < -0.3 is 0 Å². The van der Waals surface area contributed by atoms with Crippen molar-refractivity contribution in [2.75, 3.05) is 5.75 Å². The lowest BCUT2D eigenvalue weighted by Gasteiger charge is -1.88. The van der Waals surface area contributed by atoms with E-state index >= 15 is 0 Å². The summed E-state index contributed by atoms with van der Waals surface area (Å²) in [6, 6.07) is 3.96. The number of hydrogen-bond donors (Lipinski definition) is 1. The third kappa shape index (κ3) is 3.23. The van der Waals surface area contributed by atoms with E-state index in [1.54, 1.807) is 6.20 Å². The van der Waals surface area contributed by atoms with Crippen molar-refractivity contribution in [1.29, 1.82) is 0 Å². The Morgan fingerprint density at radius 2 is 2.45 bits per heavy atom. The van der Waals surface area contributed by atoms with Crippen LogP contribution in [0.2, 0.25) is 0 Å². The van der Waals surface area contributed by atoms with E-state index in [0.29, 0.717) is 0 Å². The van der Waals surface area contributed by atoms with Crippen LogP contribution in [0.5, 0.6) is 0 Å². The molecule has 0 aliphatic carbocycles. The Morgan fingerprint density at radius 1 is 1.55 bits per heavy atom.